The van der Waals surface area contributed by atoms with E-state index in [4.69, 9.17) is 5.73 Å². The molecule has 10 heteroatoms. The molecule has 1 saturated heterocycles. The van der Waals surface area contributed by atoms with Crippen LogP contribution >= 0.6 is 0 Å². The summed E-state index contributed by atoms with van der Waals surface area (Å²) in [7, 11) is 1.73. The Hall–Kier alpha value is -2.49. The number of ketones is 1. The molecule has 0 radical (unpaired) electrons. The number of carbonyl (C=O) groups is 5. The van der Waals surface area contributed by atoms with Crippen molar-refractivity contribution in [3.63, 3.8) is 0 Å². The molecule has 3 fully saturated rings. The second-order valence-electron chi connectivity index (χ2n) is 12.8. The Morgan fingerprint density at radius 1 is 1.00 bits per heavy atom. The summed E-state index contributed by atoms with van der Waals surface area (Å²) in [6.07, 6.45) is 11.9. The van der Waals surface area contributed by atoms with E-state index in [1.54, 1.807) is 11.9 Å². The van der Waals surface area contributed by atoms with Gasteiger partial charge in [-0.05, 0) is 57.4 Å². The highest BCUT2D eigenvalue weighted by atomic mass is 16.2. The van der Waals surface area contributed by atoms with Crippen molar-refractivity contribution in [3.05, 3.63) is 0 Å². The average molecular weight is 596 g/mol. The fraction of sp³-hybridized carbons (Fsp3) is 0.844. The predicted octanol–water partition coefficient (Wildman–Crippen LogP) is 3.85. The normalized spacial score (nSPS) is 20.5. The fourth-order valence-corrected chi connectivity index (χ4v) is 5.37. The quantitative estimate of drug-likeness (QED) is 0.223. The number of primary amides is 1. The van der Waals surface area contributed by atoms with Gasteiger partial charge in [0.05, 0.1) is 12.1 Å². The summed E-state index contributed by atoms with van der Waals surface area (Å²) in [5.74, 6) is -1.97. The third-order valence-electron chi connectivity index (χ3n) is 7.75. The van der Waals surface area contributed by atoms with E-state index < -0.39 is 29.8 Å². The van der Waals surface area contributed by atoms with Gasteiger partial charge in [-0.2, -0.15) is 0 Å². The first-order valence-corrected chi connectivity index (χ1v) is 16.1. The molecule has 3 aliphatic rings. The number of nitrogens with zero attached hydrogens (tertiary/aromatic N) is 1. The van der Waals surface area contributed by atoms with Gasteiger partial charge in [0, 0.05) is 12.1 Å². The smallest absolute Gasteiger partial charge is 0.287 e. The molecule has 10 nitrogen and oxygen atoms in total. The van der Waals surface area contributed by atoms with Crippen LogP contribution in [0.2, 0.25) is 0 Å². The number of nitrogens with two attached hydrogens (primary N) is 1. The van der Waals surface area contributed by atoms with Gasteiger partial charge >= 0.3 is 0 Å². The molecule has 0 aromatic rings. The molecule has 3 atom stereocenters. The van der Waals surface area contributed by atoms with Gasteiger partial charge in [-0.3, -0.25) is 24.0 Å². The van der Waals surface area contributed by atoms with E-state index in [9.17, 15) is 24.0 Å². The number of likely N-dealkylation sites (N-methyl/N-ethyl adjacent to an activating group) is 1. The van der Waals surface area contributed by atoms with Crippen molar-refractivity contribution in [2.45, 2.75) is 150 Å². The van der Waals surface area contributed by atoms with Crippen LogP contribution in [0, 0.1) is 11.3 Å². The van der Waals surface area contributed by atoms with Crippen molar-refractivity contribution in [1.82, 2.24) is 20.9 Å². The number of nitrogens with one attached hydrogen (secondary N) is 3. The molecule has 2 saturated carbocycles. The Morgan fingerprint density at radius 3 is 1.98 bits per heavy atom. The van der Waals surface area contributed by atoms with Gasteiger partial charge in [-0.1, -0.05) is 87.0 Å². The number of amides is 4. The van der Waals surface area contributed by atoms with Crippen LogP contribution in [0.1, 0.15) is 126 Å². The molecule has 3 unspecified atom stereocenters. The first-order chi connectivity index (χ1) is 19.7. The summed E-state index contributed by atoms with van der Waals surface area (Å²) in [4.78, 5) is 61.0. The number of rotatable bonds is 10. The third kappa shape index (κ3) is 13.7. The fourth-order valence-electron chi connectivity index (χ4n) is 5.37. The zero-order valence-electron chi connectivity index (χ0n) is 27.9. The first kappa shape index (κ1) is 39.5. The standard InChI is InChI=1S/C19H32N4O4.C8H15NO.C3H8.C2H6/c1-19(2,3)15(21-4)18(27)23-9-5-6-13(23)17(26)22-12(10-11-7-8-11)14(24)16(20)25;1-8(9-7-10)5-3-2-4-6-8;1-3-2;1-2/h11-13,15,21H,5-10H2,1-4H3,(H2,20,25)(H,22,26);7H,2-6H2,1H3,(H,9,10);3H2,1-2H3;1-2H3. The lowest BCUT2D eigenvalue weighted by molar-refractivity contribution is -0.143. The van der Waals surface area contributed by atoms with E-state index >= 15 is 0 Å². The van der Waals surface area contributed by atoms with E-state index in [2.05, 4.69) is 36.7 Å². The maximum atomic E-state index is 13.0. The zero-order valence-corrected chi connectivity index (χ0v) is 27.9. The summed E-state index contributed by atoms with van der Waals surface area (Å²) in [5, 5.41) is 8.62. The highest BCUT2D eigenvalue weighted by Gasteiger charge is 2.42. The van der Waals surface area contributed by atoms with E-state index in [-0.39, 0.29) is 22.8 Å². The summed E-state index contributed by atoms with van der Waals surface area (Å²) in [6, 6.07) is -1.94. The van der Waals surface area contributed by atoms with Crippen LogP contribution in [0.5, 0.6) is 0 Å². The van der Waals surface area contributed by atoms with Crippen molar-refractivity contribution >= 4 is 29.9 Å². The van der Waals surface area contributed by atoms with Crippen LogP contribution in [0.3, 0.4) is 0 Å². The Morgan fingerprint density at radius 2 is 1.55 bits per heavy atom. The summed E-state index contributed by atoms with van der Waals surface area (Å²) in [6.45, 7) is 16.8. The Labute approximate surface area is 255 Å². The van der Waals surface area contributed by atoms with Gasteiger partial charge < -0.3 is 26.6 Å². The lowest BCUT2D eigenvalue weighted by Crippen LogP contribution is -2.57. The molecule has 4 amide bonds. The minimum absolute atomic E-state index is 0.111. The summed E-state index contributed by atoms with van der Waals surface area (Å²) in [5.41, 5.74) is 4.94. The molecule has 0 aromatic heterocycles. The average Bonchev–Trinajstić information content (AvgIpc) is 3.60. The Balaban J connectivity index is 0.000000925. The molecule has 1 aliphatic heterocycles. The lowest BCUT2D eigenvalue weighted by atomic mass is 9.84. The molecule has 5 N–H and O–H groups in total. The predicted molar refractivity (Wildman–Crippen MR) is 169 cm³/mol. The van der Waals surface area contributed by atoms with Crippen LogP contribution in [-0.2, 0) is 24.0 Å². The summed E-state index contributed by atoms with van der Waals surface area (Å²) >= 11 is 0. The topological polar surface area (TPSA) is 151 Å². The molecule has 1 heterocycles. The van der Waals surface area contributed by atoms with Crippen molar-refractivity contribution in [2.75, 3.05) is 13.6 Å². The monoisotopic (exact) mass is 595 g/mol. The number of Topliss-reactive ketones (excluding diaryl/α,β-unsaturated/α-hetero) is 1. The number of carbonyl (C=O) groups excluding carboxylic acids is 5. The molecule has 3 rings (SSSR count). The van der Waals surface area contributed by atoms with Gasteiger partial charge in [-0.15, -0.1) is 0 Å². The highest BCUT2D eigenvalue weighted by molar-refractivity contribution is 6.37. The van der Waals surface area contributed by atoms with E-state index in [1.165, 1.54) is 25.7 Å². The van der Waals surface area contributed by atoms with Crippen molar-refractivity contribution in [3.8, 4) is 0 Å². The molecule has 244 valence electrons. The molecule has 42 heavy (non-hydrogen) atoms. The van der Waals surface area contributed by atoms with E-state index in [0.29, 0.717) is 25.3 Å². The molecule has 2 aliphatic carbocycles. The van der Waals surface area contributed by atoms with Crippen molar-refractivity contribution in [2.24, 2.45) is 17.1 Å². The second-order valence-corrected chi connectivity index (χ2v) is 12.8. The van der Waals surface area contributed by atoms with E-state index in [0.717, 1.165) is 38.5 Å². The Kier molecular flexibility index (Phi) is 18.5. The molecular formula is C32H61N5O5. The molecular weight excluding hydrogens is 534 g/mol. The minimum atomic E-state index is -1.04. The molecule has 0 spiro atoms. The second kappa shape index (κ2) is 19.7. The lowest BCUT2D eigenvalue weighted by Gasteiger charge is -2.35. The van der Waals surface area contributed by atoms with Gasteiger partial charge in [0.1, 0.15) is 6.04 Å². The molecule has 0 bridgehead atoms. The van der Waals surface area contributed by atoms with Gasteiger partial charge in [-0.25, -0.2) is 0 Å². The van der Waals surface area contributed by atoms with Gasteiger partial charge in [0.25, 0.3) is 5.91 Å². The Bertz CT molecular complexity index is 847. The van der Waals surface area contributed by atoms with Crippen molar-refractivity contribution < 1.29 is 24.0 Å². The van der Waals surface area contributed by atoms with Crippen LogP contribution < -0.4 is 21.7 Å². The maximum Gasteiger partial charge on any atom is 0.287 e. The minimum Gasteiger partial charge on any atom is -0.363 e. The zero-order chi connectivity index (χ0) is 32.5. The van der Waals surface area contributed by atoms with Crippen LogP contribution in [-0.4, -0.2) is 72.1 Å². The van der Waals surface area contributed by atoms with Gasteiger partial charge in [0.2, 0.25) is 24.0 Å². The van der Waals surface area contributed by atoms with Gasteiger partial charge in [0.15, 0.2) is 0 Å². The number of hydrogen-bond acceptors (Lipinski definition) is 6. The first-order valence-electron chi connectivity index (χ1n) is 16.1. The maximum absolute atomic E-state index is 13.0. The largest absolute Gasteiger partial charge is 0.363 e. The van der Waals surface area contributed by atoms with Crippen LogP contribution in [0.25, 0.3) is 0 Å². The van der Waals surface area contributed by atoms with Crippen molar-refractivity contribution in [1.29, 1.82) is 0 Å². The molecule has 0 aromatic carbocycles. The van der Waals surface area contributed by atoms with Crippen LogP contribution in [0.4, 0.5) is 0 Å². The highest BCUT2D eigenvalue weighted by Crippen LogP contribution is 2.34. The SMILES string of the molecule is CC.CC1(NC=O)CCCCC1.CCC.CNC(C(=O)N1CCCC1C(=O)NC(CC1CC1)C(=O)C(N)=O)C(C)(C)C. The van der Waals surface area contributed by atoms with Crippen LogP contribution in [0.15, 0.2) is 0 Å². The van der Waals surface area contributed by atoms with E-state index in [1.807, 2.05) is 34.6 Å². The summed E-state index contributed by atoms with van der Waals surface area (Å²) < 4.78 is 0. The third-order valence-corrected chi connectivity index (χ3v) is 7.75. The number of hydrogen-bond donors (Lipinski definition) is 4. The number of likely N-dealkylation sites (tertiary alicyclic amines) is 1.